The molecule has 19 heavy (non-hydrogen) atoms. The lowest BCUT2D eigenvalue weighted by atomic mass is 10.1. The van der Waals surface area contributed by atoms with Crippen molar-refractivity contribution in [1.29, 1.82) is 0 Å². The summed E-state index contributed by atoms with van der Waals surface area (Å²) in [6, 6.07) is 5.67. The molecule has 0 bridgehead atoms. The average molecular weight is 367 g/mol. The molecule has 1 aromatic rings. The minimum Gasteiger partial charge on any atom is -0.311 e. The van der Waals surface area contributed by atoms with Crippen molar-refractivity contribution in [2.45, 2.75) is 13.3 Å². The van der Waals surface area contributed by atoms with E-state index >= 15 is 0 Å². The summed E-state index contributed by atoms with van der Waals surface area (Å²) >= 11 is 3.43. The van der Waals surface area contributed by atoms with Gasteiger partial charge in [0.25, 0.3) is 0 Å². The molecule has 1 atom stereocenters. The summed E-state index contributed by atoms with van der Waals surface area (Å²) in [6.07, 6.45) is 0.215. The Hall–Kier alpha value is -0.590. The van der Waals surface area contributed by atoms with Gasteiger partial charge in [-0.3, -0.25) is 4.79 Å². The number of hydrogen-bond donors (Lipinski definition) is 0. The SMILES string of the molecule is Cc1cccc(Br)c1N1CC(CS(=O)(=O)Cl)CC1=O. The fraction of sp³-hybridized carbons (Fsp3) is 0.417. The molecule has 0 aromatic heterocycles. The first-order valence-electron chi connectivity index (χ1n) is 5.76. The Morgan fingerprint density at radius 3 is 2.74 bits per heavy atom. The minimum atomic E-state index is -3.58. The summed E-state index contributed by atoms with van der Waals surface area (Å²) < 4.78 is 23.0. The van der Waals surface area contributed by atoms with Gasteiger partial charge in [0.1, 0.15) is 0 Å². The van der Waals surface area contributed by atoms with Crippen LogP contribution >= 0.6 is 26.6 Å². The molecule has 1 saturated heterocycles. The van der Waals surface area contributed by atoms with E-state index in [-0.39, 0.29) is 24.0 Å². The maximum atomic E-state index is 12.0. The van der Waals surface area contributed by atoms with E-state index in [1.54, 1.807) is 4.90 Å². The van der Waals surface area contributed by atoms with Crippen LogP contribution in [0.5, 0.6) is 0 Å². The van der Waals surface area contributed by atoms with E-state index in [2.05, 4.69) is 15.9 Å². The molecule has 1 aliphatic heterocycles. The fourth-order valence-electron chi connectivity index (χ4n) is 2.36. The molecule has 1 fully saturated rings. The quantitative estimate of drug-likeness (QED) is 0.773. The number of rotatable bonds is 3. The summed E-state index contributed by atoms with van der Waals surface area (Å²) in [4.78, 5) is 13.7. The number of amides is 1. The first kappa shape index (κ1) is 14.8. The number of carbonyl (C=O) groups excluding carboxylic acids is 1. The number of halogens is 2. The lowest BCUT2D eigenvalue weighted by Crippen LogP contribution is -2.26. The Balaban J connectivity index is 2.26. The molecule has 1 aliphatic rings. The largest absolute Gasteiger partial charge is 0.311 e. The van der Waals surface area contributed by atoms with Gasteiger partial charge in [0.2, 0.25) is 15.0 Å². The number of hydrogen-bond acceptors (Lipinski definition) is 3. The van der Waals surface area contributed by atoms with Crippen molar-refractivity contribution in [3.05, 3.63) is 28.2 Å². The van der Waals surface area contributed by atoms with E-state index < -0.39 is 9.05 Å². The second-order valence-electron chi connectivity index (χ2n) is 4.69. The van der Waals surface area contributed by atoms with E-state index in [0.717, 1.165) is 15.7 Å². The third-order valence-corrected chi connectivity index (χ3v) is 4.99. The van der Waals surface area contributed by atoms with Gasteiger partial charge < -0.3 is 4.90 Å². The van der Waals surface area contributed by atoms with Crippen LogP contribution in [0.4, 0.5) is 5.69 Å². The van der Waals surface area contributed by atoms with Crippen LogP contribution in [0.2, 0.25) is 0 Å². The molecule has 104 valence electrons. The van der Waals surface area contributed by atoms with Gasteiger partial charge in [0, 0.05) is 34.0 Å². The van der Waals surface area contributed by atoms with E-state index in [4.69, 9.17) is 10.7 Å². The van der Waals surface area contributed by atoms with Crippen LogP contribution in [0.3, 0.4) is 0 Å². The highest BCUT2D eigenvalue weighted by atomic mass is 79.9. The summed E-state index contributed by atoms with van der Waals surface area (Å²) in [5, 5.41) is 0. The van der Waals surface area contributed by atoms with Crippen LogP contribution in [0.15, 0.2) is 22.7 Å². The average Bonchev–Trinajstić information content (AvgIpc) is 2.56. The number of nitrogens with zero attached hydrogens (tertiary/aromatic N) is 1. The zero-order valence-corrected chi connectivity index (χ0v) is 13.4. The first-order chi connectivity index (χ1) is 8.78. The van der Waals surface area contributed by atoms with E-state index in [9.17, 15) is 13.2 Å². The predicted octanol–water partition coefficient (Wildman–Crippen LogP) is 2.68. The number of para-hydroxylation sites is 1. The van der Waals surface area contributed by atoms with Crippen LogP contribution in [-0.2, 0) is 13.8 Å². The van der Waals surface area contributed by atoms with Crippen LogP contribution in [0, 0.1) is 12.8 Å². The molecular weight excluding hydrogens is 354 g/mol. The topological polar surface area (TPSA) is 54.5 Å². The fourth-order valence-corrected chi connectivity index (χ4v) is 4.36. The molecule has 0 spiro atoms. The molecule has 4 nitrogen and oxygen atoms in total. The van der Waals surface area contributed by atoms with Crippen molar-refractivity contribution in [2.75, 3.05) is 17.2 Å². The summed E-state index contributed by atoms with van der Waals surface area (Å²) in [6.45, 7) is 2.30. The molecular formula is C12H13BrClNO3S. The lowest BCUT2D eigenvalue weighted by Gasteiger charge is -2.20. The smallest absolute Gasteiger partial charge is 0.232 e. The van der Waals surface area contributed by atoms with Gasteiger partial charge in [-0.25, -0.2) is 8.42 Å². The number of carbonyl (C=O) groups is 1. The summed E-state index contributed by atoms with van der Waals surface area (Å²) in [7, 11) is 1.68. The van der Waals surface area contributed by atoms with E-state index in [1.807, 2.05) is 25.1 Å². The van der Waals surface area contributed by atoms with Crippen LogP contribution in [-0.4, -0.2) is 26.6 Å². The van der Waals surface area contributed by atoms with Gasteiger partial charge >= 0.3 is 0 Å². The standard InChI is InChI=1S/C12H13BrClNO3S/c1-8-3-2-4-10(13)12(8)15-6-9(5-11(15)16)7-19(14,17)18/h2-4,9H,5-7H2,1H3. The van der Waals surface area contributed by atoms with Gasteiger partial charge in [0.05, 0.1) is 11.4 Å². The molecule has 0 saturated carbocycles. The molecule has 1 amide bonds. The van der Waals surface area contributed by atoms with Crippen LogP contribution < -0.4 is 4.90 Å². The minimum absolute atomic E-state index is 0.0692. The number of aryl methyl sites for hydroxylation is 1. The van der Waals surface area contributed by atoms with Gasteiger partial charge in [-0.15, -0.1) is 0 Å². The normalized spacial score (nSPS) is 20.1. The highest BCUT2D eigenvalue weighted by molar-refractivity contribution is 9.10. The second-order valence-corrected chi connectivity index (χ2v) is 8.36. The molecule has 1 unspecified atom stereocenters. The summed E-state index contributed by atoms with van der Waals surface area (Å²) in [5.74, 6) is -0.484. The first-order valence-corrected chi connectivity index (χ1v) is 9.03. The molecule has 2 rings (SSSR count). The molecule has 0 N–H and O–H groups in total. The Labute approximate surface area is 125 Å². The van der Waals surface area contributed by atoms with Crippen molar-refractivity contribution in [2.24, 2.45) is 5.92 Å². The lowest BCUT2D eigenvalue weighted by molar-refractivity contribution is -0.117. The summed E-state index contributed by atoms with van der Waals surface area (Å²) in [5.41, 5.74) is 1.78. The van der Waals surface area contributed by atoms with Crippen molar-refractivity contribution in [3.63, 3.8) is 0 Å². The van der Waals surface area contributed by atoms with Crippen LogP contribution in [0.25, 0.3) is 0 Å². The molecule has 7 heteroatoms. The molecule has 0 aliphatic carbocycles. The molecule has 1 aromatic carbocycles. The maximum Gasteiger partial charge on any atom is 0.232 e. The Bertz CT molecular complexity index is 597. The Morgan fingerprint density at radius 2 is 2.16 bits per heavy atom. The molecule has 1 heterocycles. The van der Waals surface area contributed by atoms with E-state index in [0.29, 0.717) is 6.54 Å². The second kappa shape index (κ2) is 5.42. The zero-order chi connectivity index (χ0) is 14.2. The van der Waals surface area contributed by atoms with Gasteiger partial charge in [0.15, 0.2) is 0 Å². The highest BCUT2D eigenvalue weighted by Crippen LogP contribution is 2.34. The highest BCUT2D eigenvalue weighted by Gasteiger charge is 2.34. The van der Waals surface area contributed by atoms with Crippen molar-refractivity contribution < 1.29 is 13.2 Å². The monoisotopic (exact) mass is 365 g/mol. The number of benzene rings is 1. The maximum absolute atomic E-state index is 12.0. The Kier molecular flexibility index (Phi) is 4.23. The predicted molar refractivity (Wildman–Crippen MR) is 79.0 cm³/mol. The third-order valence-electron chi connectivity index (χ3n) is 3.10. The van der Waals surface area contributed by atoms with Crippen molar-refractivity contribution in [3.8, 4) is 0 Å². The van der Waals surface area contributed by atoms with Gasteiger partial charge in [-0.05, 0) is 34.5 Å². The van der Waals surface area contributed by atoms with Crippen molar-refractivity contribution in [1.82, 2.24) is 0 Å². The zero-order valence-electron chi connectivity index (χ0n) is 10.3. The van der Waals surface area contributed by atoms with Gasteiger partial charge in [-0.1, -0.05) is 12.1 Å². The third kappa shape index (κ3) is 3.49. The van der Waals surface area contributed by atoms with Crippen LogP contribution in [0.1, 0.15) is 12.0 Å². The molecule has 0 radical (unpaired) electrons. The van der Waals surface area contributed by atoms with Gasteiger partial charge in [-0.2, -0.15) is 0 Å². The number of anilines is 1. The van der Waals surface area contributed by atoms with Crippen molar-refractivity contribution >= 4 is 47.3 Å². The Morgan fingerprint density at radius 1 is 1.47 bits per heavy atom. The van der Waals surface area contributed by atoms with E-state index in [1.165, 1.54) is 0 Å².